The van der Waals surface area contributed by atoms with Crippen molar-refractivity contribution in [3.8, 4) is 0 Å². The summed E-state index contributed by atoms with van der Waals surface area (Å²) in [5, 5.41) is 3.72. The summed E-state index contributed by atoms with van der Waals surface area (Å²) >= 11 is 0. The quantitative estimate of drug-likeness (QED) is 0.878. The van der Waals surface area contributed by atoms with Crippen LogP contribution in [0.5, 0.6) is 0 Å². The first kappa shape index (κ1) is 16.0. The van der Waals surface area contributed by atoms with Crippen molar-refractivity contribution in [1.29, 1.82) is 0 Å². The number of fused-ring (bicyclic) bond motifs is 1. The molecule has 0 radical (unpaired) electrons. The summed E-state index contributed by atoms with van der Waals surface area (Å²) in [5.74, 6) is 0.105. The fourth-order valence-electron chi connectivity index (χ4n) is 4.15. The molecule has 1 amide bonds. The molecule has 1 spiro atoms. The molecule has 1 aliphatic carbocycles. The second-order valence-electron chi connectivity index (χ2n) is 7.31. The Kier molecular flexibility index (Phi) is 3.91. The van der Waals surface area contributed by atoms with Gasteiger partial charge in [-0.3, -0.25) is 9.69 Å². The van der Waals surface area contributed by atoms with Crippen LogP contribution in [0.4, 0.5) is 17.1 Å². The summed E-state index contributed by atoms with van der Waals surface area (Å²) in [6, 6.07) is 16.2. The van der Waals surface area contributed by atoms with E-state index in [1.165, 1.54) is 6.42 Å². The Hall–Kier alpha value is -2.49. The molecule has 0 atom stereocenters. The van der Waals surface area contributed by atoms with Gasteiger partial charge in [0.1, 0.15) is 5.66 Å². The molecule has 1 saturated carbocycles. The smallest absolute Gasteiger partial charge is 0.262 e. The van der Waals surface area contributed by atoms with E-state index in [0.717, 1.165) is 48.3 Å². The van der Waals surface area contributed by atoms with Crippen LogP contribution in [0.15, 0.2) is 48.5 Å². The van der Waals surface area contributed by atoms with Gasteiger partial charge < -0.3 is 10.2 Å². The van der Waals surface area contributed by atoms with Gasteiger partial charge in [0.2, 0.25) is 0 Å². The third-order valence-corrected chi connectivity index (χ3v) is 5.46. The monoisotopic (exact) mass is 335 g/mol. The van der Waals surface area contributed by atoms with Gasteiger partial charge in [-0.1, -0.05) is 18.6 Å². The van der Waals surface area contributed by atoms with E-state index in [1.807, 2.05) is 43.3 Å². The van der Waals surface area contributed by atoms with E-state index in [4.69, 9.17) is 0 Å². The number of para-hydroxylation sites is 1. The standard InChI is InChI=1S/C21H25N3O/c1-23(2)16-10-12-17(13-11-16)24-20(25)18-8-4-5-9-19(18)22-21(24)14-6-3-7-15-21/h4-5,8-13,22H,3,6-7,14-15H2,1-2H3. The molecule has 4 heteroatoms. The highest BCUT2D eigenvalue weighted by Gasteiger charge is 2.45. The molecule has 1 aliphatic heterocycles. The minimum Gasteiger partial charge on any atom is -0.378 e. The molecule has 130 valence electrons. The highest BCUT2D eigenvalue weighted by molar-refractivity contribution is 6.12. The Labute approximate surface area is 149 Å². The largest absolute Gasteiger partial charge is 0.378 e. The van der Waals surface area contributed by atoms with Gasteiger partial charge in [0.05, 0.1) is 5.56 Å². The van der Waals surface area contributed by atoms with E-state index in [-0.39, 0.29) is 11.6 Å². The van der Waals surface area contributed by atoms with Crippen molar-refractivity contribution in [1.82, 2.24) is 0 Å². The van der Waals surface area contributed by atoms with Gasteiger partial charge in [-0.05, 0) is 62.1 Å². The van der Waals surface area contributed by atoms with Crippen LogP contribution in [0.3, 0.4) is 0 Å². The number of carbonyl (C=O) groups excluding carboxylic acids is 1. The molecule has 0 saturated heterocycles. The molecule has 0 aromatic heterocycles. The number of amides is 1. The first-order valence-corrected chi connectivity index (χ1v) is 9.10. The zero-order valence-electron chi connectivity index (χ0n) is 15.0. The Morgan fingerprint density at radius 3 is 2.32 bits per heavy atom. The highest BCUT2D eigenvalue weighted by Crippen LogP contribution is 2.43. The van der Waals surface area contributed by atoms with Crippen molar-refractivity contribution in [2.75, 3.05) is 29.2 Å². The molecule has 2 aliphatic rings. The molecule has 1 heterocycles. The number of rotatable bonds is 2. The summed E-state index contributed by atoms with van der Waals surface area (Å²) < 4.78 is 0. The Morgan fingerprint density at radius 2 is 1.64 bits per heavy atom. The van der Waals surface area contributed by atoms with Crippen molar-refractivity contribution in [2.45, 2.75) is 37.8 Å². The number of hydrogen-bond donors (Lipinski definition) is 1. The summed E-state index contributed by atoms with van der Waals surface area (Å²) in [4.78, 5) is 17.5. The van der Waals surface area contributed by atoms with Crippen molar-refractivity contribution < 1.29 is 4.79 Å². The molecular formula is C21H25N3O. The average Bonchev–Trinajstić information content (AvgIpc) is 2.63. The number of carbonyl (C=O) groups is 1. The molecular weight excluding hydrogens is 310 g/mol. The van der Waals surface area contributed by atoms with Crippen LogP contribution in [0, 0.1) is 0 Å². The molecule has 25 heavy (non-hydrogen) atoms. The van der Waals surface area contributed by atoms with E-state index in [9.17, 15) is 4.79 Å². The van der Waals surface area contributed by atoms with Crippen molar-refractivity contribution in [3.63, 3.8) is 0 Å². The second-order valence-corrected chi connectivity index (χ2v) is 7.31. The zero-order valence-corrected chi connectivity index (χ0v) is 15.0. The van der Waals surface area contributed by atoms with Gasteiger partial charge in [0.25, 0.3) is 5.91 Å². The van der Waals surface area contributed by atoms with Gasteiger partial charge in [-0.25, -0.2) is 0 Å². The van der Waals surface area contributed by atoms with Crippen molar-refractivity contribution >= 4 is 23.0 Å². The van der Waals surface area contributed by atoms with E-state index >= 15 is 0 Å². The van der Waals surface area contributed by atoms with Crippen LogP contribution < -0.4 is 15.1 Å². The predicted molar refractivity (Wildman–Crippen MR) is 103 cm³/mol. The number of nitrogens with one attached hydrogen (secondary N) is 1. The summed E-state index contributed by atoms with van der Waals surface area (Å²) in [7, 11) is 4.06. The first-order valence-electron chi connectivity index (χ1n) is 9.10. The molecule has 2 aromatic carbocycles. The van der Waals surface area contributed by atoms with E-state index < -0.39 is 0 Å². The van der Waals surface area contributed by atoms with Crippen LogP contribution in [-0.2, 0) is 0 Å². The van der Waals surface area contributed by atoms with Gasteiger partial charge in [-0.15, -0.1) is 0 Å². The maximum absolute atomic E-state index is 13.4. The van der Waals surface area contributed by atoms with E-state index in [2.05, 4.69) is 34.5 Å². The molecule has 2 aromatic rings. The van der Waals surface area contributed by atoms with Crippen LogP contribution in [0.1, 0.15) is 42.5 Å². The topological polar surface area (TPSA) is 35.6 Å². The van der Waals surface area contributed by atoms with Crippen LogP contribution in [-0.4, -0.2) is 25.7 Å². The number of benzene rings is 2. The summed E-state index contributed by atoms with van der Waals surface area (Å²) in [6.07, 6.45) is 5.52. The number of anilines is 3. The van der Waals surface area contributed by atoms with Crippen LogP contribution in [0.25, 0.3) is 0 Å². The third-order valence-electron chi connectivity index (χ3n) is 5.46. The highest BCUT2D eigenvalue weighted by atomic mass is 16.2. The van der Waals surface area contributed by atoms with Crippen LogP contribution >= 0.6 is 0 Å². The Bertz CT molecular complexity index is 776. The van der Waals surface area contributed by atoms with Crippen molar-refractivity contribution in [3.05, 3.63) is 54.1 Å². The molecule has 1 fully saturated rings. The second kappa shape index (κ2) is 6.10. The fraction of sp³-hybridized carbons (Fsp3) is 0.381. The van der Waals surface area contributed by atoms with E-state index in [1.54, 1.807) is 0 Å². The summed E-state index contributed by atoms with van der Waals surface area (Å²) in [5.41, 5.74) is 3.54. The third kappa shape index (κ3) is 2.66. The van der Waals surface area contributed by atoms with Gasteiger partial charge in [-0.2, -0.15) is 0 Å². The lowest BCUT2D eigenvalue weighted by Crippen LogP contribution is -2.61. The molecule has 0 bridgehead atoms. The molecule has 4 nitrogen and oxygen atoms in total. The van der Waals surface area contributed by atoms with E-state index in [0.29, 0.717) is 0 Å². The number of hydrogen-bond acceptors (Lipinski definition) is 3. The first-order chi connectivity index (χ1) is 12.1. The van der Waals surface area contributed by atoms with Gasteiger partial charge in [0.15, 0.2) is 0 Å². The van der Waals surface area contributed by atoms with Gasteiger partial charge in [0, 0.05) is 31.2 Å². The lowest BCUT2D eigenvalue weighted by atomic mass is 9.84. The molecule has 4 rings (SSSR count). The van der Waals surface area contributed by atoms with Gasteiger partial charge >= 0.3 is 0 Å². The Balaban J connectivity index is 1.80. The zero-order chi connectivity index (χ0) is 17.4. The lowest BCUT2D eigenvalue weighted by Gasteiger charge is -2.50. The predicted octanol–water partition coefficient (Wildman–Crippen LogP) is 4.49. The number of nitrogens with zero attached hydrogens (tertiary/aromatic N) is 2. The lowest BCUT2D eigenvalue weighted by molar-refractivity contribution is 0.0938. The van der Waals surface area contributed by atoms with Crippen LogP contribution in [0.2, 0.25) is 0 Å². The normalized spacial score (nSPS) is 18.6. The Morgan fingerprint density at radius 1 is 0.960 bits per heavy atom. The summed E-state index contributed by atoms with van der Waals surface area (Å²) in [6.45, 7) is 0. The van der Waals surface area contributed by atoms with Crippen molar-refractivity contribution in [2.24, 2.45) is 0 Å². The minimum absolute atomic E-state index is 0.105. The maximum atomic E-state index is 13.4. The minimum atomic E-state index is -0.302. The molecule has 0 unspecified atom stereocenters. The fourth-order valence-corrected chi connectivity index (χ4v) is 4.15. The average molecular weight is 335 g/mol. The molecule has 1 N–H and O–H groups in total. The SMILES string of the molecule is CN(C)c1ccc(N2C(=O)c3ccccc3NC23CCCCC3)cc1. The maximum Gasteiger partial charge on any atom is 0.262 e.